The first kappa shape index (κ1) is 18.1. The monoisotopic (exact) mass is 328 g/mol. The van der Waals surface area contributed by atoms with Crippen LogP contribution in [0.3, 0.4) is 0 Å². The highest BCUT2D eigenvalue weighted by molar-refractivity contribution is 6.33. The molecule has 0 atom stereocenters. The van der Waals surface area contributed by atoms with Gasteiger partial charge in [0.15, 0.2) is 0 Å². The number of carboxylic acids is 1. The molecule has 1 rings (SSSR count). The number of carboxylic acid groups (broad SMARTS) is 1. The molecule has 0 saturated carbocycles. The summed E-state index contributed by atoms with van der Waals surface area (Å²) >= 11 is 6.10. The van der Waals surface area contributed by atoms with Crippen molar-refractivity contribution in [1.82, 2.24) is 5.32 Å². The fourth-order valence-electron chi connectivity index (χ4n) is 1.92. The Kier molecular flexibility index (Phi) is 6.05. The number of ether oxygens (including phenoxy) is 1. The third-order valence-corrected chi connectivity index (χ3v) is 3.46. The lowest BCUT2D eigenvalue weighted by Crippen LogP contribution is -2.45. The zero-order valence-corrected chi connectivity index (χ0v) is 13.9. The molecule has 3 N–H and O–H groups in total. The number of amides is 2. The van der Waals surface area contributed by atoms with Gasteiger partial charge in [-0.2, -0.15) is 0 Å². The van der Waals surface area contributed by atoms with E-state index in [0.717, 1.165) is 5.56 Å². The van der Waals surface area contributed by atoms with Crippen molar-refractivity contribution >= 4 is 29.3 Å². The second kappa shape index (κ2) is 7.35. The standard InChI is InChI=1S/C15H21ClN2O4/c1-9-7-11(10(16)8-12(9)22-4)17-14(21)18-15(2,3)6-5-13(19)20/h7-8H,5-6H2,1-4H3,(H,19,20)(H2,17,18,21). The first-order valence-corrected chi connectivity index (χ1v) is 7.17. The Morgan fingerprint density at radius 1 is 1.36 bits per heavy atom. The summed E-state index contributed by atoms with van der Waals surface area (Å²) in [6, 6.07) is 2.90. The van der Waals surface area contributed by atoms with Gasteiger partial charge in [0.25, 0.3) is 0 Å². The van der Waals surface area contributed by atoms with E-state index < -0.39 is 17.5 Å². The normalized spacial score (nSPS) is 11.0. The molecule has 0 unspecified atom stereocenters. The number of aryl methyl sites for hydroxylation is 1. The summed E-state index contributed by atoms with van der Waals surface area (Å²) in [6.45, 7) is 5.36. The van der Waals surface area contributed by atoms with Crippen LogP contribution in [-0.2, 0) is 4.79 Å². The average molecular weight is 329 g/mol. The zero-order chi connectivity index (χ0) is 16.9. The fraction of sp³-hybridized carbons (Fsp3) is 0.467. The summed E-state index contributed by atoms with van der Waals surface area (Å²) in [4.78, 5) is 22.6. The molecule has 0 fully saturated rings. The van der Waals surface area contributed by atoms with Crippen LogP contribution in [0.4, 0.5) is 10.5 Å². The molecule has 6 nitrogen and oxygen atoms in total. The summed E-state index contributed by atoms with van der Waals surface area (Å²) in [5.74, 6) is -0.262. The molecule has 0 aliphatic rings. The van der Waals surface area contributed by atoms with Gasteiger partial charge in [0.1, 0.15) is 5.75 Å². The van der Waals surface area contributed by atoms with Crippen molar-refractivity contribution in [2.24, 2.45) is 0 Å². The van der Waals surface area contributed by atoms with E-state index in [4.69, 9.17) is 21.4 Å². The third-order valence-electron chi connectivity index (χ3n) is 3.15. The SMILES string of the molecule is COc1cc(Cl)c(NC(=O)NC(C)(C)CCC(=O)O)cc1C. The van der Waals surface area contributed by atoms with E-state index in [9.17, 15) is 9.59 Å². The van der Waals surface area contributed by atoms with Crippen molar-refractivity contribution in [2.75, 3.05) is 12.4 Å². The molecule has 22 heavy (non-hydrogen) atoms. The highest BCUT2D eigenvalue weighted by atomic mass is 35.5. The topological polar surface area (TPSA) is 87.7 Å². The van der Waals surface area contributed by atoms with E-state index in [1.807, 2.05) is 6.92 Å². The number of carbonyl (C=O) groups excluding carboxylic acids is 1. The van der Waals surface area contributed by atoms with Crippen molar-refractivity contribution in [3.05, 3.63) is 22.7 Å². The molecule has 0 saturated heterocycles. The quantitative estimate of drug-likeness (QED) is 0.746. The number of carbonyl (C=O) groups is 2. The number of nitrogens with one attached hydrogen (secondary N) is 2. The first-order valence-electron chi connectivity index (χ1n) is 6.80. The second-order valence-corrected chi connectivity index (χ2v) is 6.07. The molecule has 0 aliphatic carbocycles. The summed E-state index contributed by atoms with van der Waals surface area (Å²) in [5, 5.41) is 14.5. The van der Waals surface area contributed by atoms with Crippen molar-refractivity contribution in [3.8, 4) is 5.75 Å². The molecule has 0 aromatic heterocycles. The van der Waals surface area contributed by atoms with Gasteiger partial charge in [0.2, 0.25) is 0 Å². The number of anilines is 1. The summed E-state index contributed by atoms with van der Waals surface area (Å²) in [5.41, 5.74) is 0.662. The number of hydrogen-bond donors (Lipinski definition) is 3. The molecule has 0 bridgehead atoms. The number of urea groups is 1. The van der Waals surface area contributed by atoms with E-state index in [1.165, 1.54) is 0 Å². The molecule has 7 heteroatoms. The van der Waals surface area contributed by atoms with Gasteiger partial charge >= 0.3 is 12.0 Å². The third kappa shape index (κ3) is 5.44. The Bertz CT molecular complexity index is 573. The number of rotatable bonds is 6. The number of aliphatic carboxylic acids is 1. The molecular weight excluding hydrogens is 308 g/mol. The summed E-state index contributed by atoms with van der Waals surface area (Å²) in [7, 11) is 1.55. The fourth-order valence-corrected chi connectivity index (χ4v) is 2.12. The zero-order valence-electron chi connectivity index (χ0n) is 13.1. The lowest BCUT2D eigenvalue weighted by molar-refractivity contribution is -0.137. The van der Waals surface area contributed by atoms with Gasteiger partial charge < -0.3 is 20.5 Å². The van der Waals surface area contributed by atoms with Crippen LogP contribution in [0, 0.1) is 6.92 Å². The molecule has 0 heterocycles. The molecule has 0 spiro atoms. The Balaban J connectivity index is 2.73. The van der Waals surface area contributed by atoms with Gasteiger partial charge in [0, 0.05) is 18.0 Å². The highest BCUT2D eigenvalue weighted by Gasteiger charge is 2.22. The first-order chi connectivity index (χ1) is 10.1. The molecule has 1 aromatic rings. The van der Waals surface area contributed by atoms with Crippen LogP contribution in [0.15, 0.2) is 12.1 Å². The van der Waals surface area contributed by atoms with Crippen LogP contribution in [-0.4, -0.2) is 29.8 Å². The molecular formula is C15H21ClN2O4. The van der Waals surface area contributed by atoms with Crippen LogP contribution in [0.2, 0.25) is 5.02 Å². The Hall–Kier alpha value is -1.95. The lowest BCUT2D eigenvalue weighted by atomic mass is 9.99. The van der Waals surface area contributed by atoms with E-state index in [1.54, 1.807) is 33.1 Å². The predicted molar refractivity (Wildman–Crippen MR) is 85.8 cm³/mol. The van der Waals surface area contributed by atoms with Crippen LogP contribution < -0.4 is 15.4 Å². The smallest absolute Gasteiger partial charge is 0.319 e. The molecule has 122 valence electrons. The maximum atomic E-state index is 12.0. The Morgan fingerprint density at radius 3 is 2.55 bits per heavy atom. The molecule has 0 aliphatic heterocycles. The number of methoxy groups -OCH3 is 1. The van der Waals surface area contributed by atoms with E-state index in [-0.39, 0.29) is 6.42 Å². The van der Waals surface area contributed by atoms with Crippen molar-refractivity contribution < 1.29 is 19.4 Å². The number of halogens is 1. The number of benzene rings is 1. The summed E-state index contributed by atoms with van der Waals surface area (Å²) < 4.78 is 5.15. The largest absolute Gasteiger partial charge is 0.496 e. The van der Waals surface area contributed by atoms with Crippen molar-refractivity contribution in [3.63, 3.8) is 0 Å². The van der Waals surface area contributed by atoms with Crippen LogP contribution >= 0.6 is 11.6 Å². The van der Waals surface area contributed by atoms with Crippen LogP contribution in [0.25, 0.3) is 0 Å². The van der Waals surface area contributed by atoms with Gasteiger partial charge in [0.05, 0.1) is 17.8 Å². The van der Waals surface area contributed by atoms with Gasteiger partial charge in [-0.05, 0) is 38.8 Å². The van der Waals surface area contributed by atoms with Crippen LogP contribution in [0.5, 0.6) is 5.75 Å². The highest BCUT2D eigenvalue weighted by Crippen LogP contribution is 2.30. The minimum atomic E-state index is -0.899. The summed E-state index contributed by atoms with van der Waals surface area (Å²) in [6.07, 6.45) is 0.306. The maximum absolute atomic E-state index is 12.0. The average Bonchev–Trinajstić information content (AvgIpc) is 2.39. The molecule has 1 aromatic carbocycles. The lowest BCUT2D eigenvalue weighted by Gasteiger charge is -2.26. The second-order valence-electron chi connectivity index (χ2n) is 5.66. The van der Waals surface area contributed by atoms with Gasteiger partial charge in [-0.15, -0.1) is 0 Å². The Morgan fingerprint density at radius 2 is 2.00 bits per heavy atom. The molecule has 2 amide bonds. The van der Waals surface area contributed by atoms with E-state index >= 15 is 0 Å². The minimum Gasteiger partial charge on any atom is -0.496 e. The van der Waals surface area contributed by atoms with Crippen molar-refractivity contribution in [2.45, 2.75) is 39.2 Å². The maximum Gasteiger partial charge on any atom is 0.319 e. The van der Waals surface area contributed by atoms with E-state index in [0.29, 0.717) is 22.9 Å². The minimum absolute atomic E-state index is 0.0182. The van der Waals surface area contributed by atoms with Gasteiger partial charge in [-0.3, -0.25) is 4.79 Å². The Labute approximate surface area is 134 Å². The predicted octanol–water partition coefficient (Wildman–Crippen LogP) is 3.42. The van der Waals surface area contributed by atoms with Crippen LogP contribution in [0.1, 0.15) is 32.3 Å². The van der Waals surface area contributed by atoms with Gasteiger partial charge in [-0.25, -0.2) is 4.79 Å². The van der Waals surface area contributed by atoms with Gasteiger partial charge in [-0.1, -0.05) is 11.6 Å². The number of hydrogen-bond acceptors (Lipinski definition) is 3. The molecule has 0 radical (unpaired) electrons. The van der Waals surface area contributed by atoms with E-state index in [2.05, 4.69) is 10.6 Å². The van der Waals surface area contributed by atoms with Crippen molar-refractivity contribution in [1.29, 1.82) is 0 Å².